The third-order valence-electron chi connectivity index (χ3n) is 3.13. The lowest BCUT2D eigenvalue weighted by molar-refractivity contribution is -0.142. The van der Waals surface area contributed by atoms with Gasteiger partial charge in [0.15, 0.2) is 6.61 Å². The number of carbonyl (C=O) groups excluding carboxylic acids is 2. The standard InChI is InChI=1S/C16H22N2O5S/c1-4-7-16(20)23-12-15(19)17-13-8-10-14(11-9-13)24(21,22)18(5-2)6-3/h4,7-11H,5-6,12H2,1-3H3,(H,17,19)/b7-4+. The molecule has 1 aromatic carbocycles. The van der Waals surface area contributed by atoms with Crippen molar-refractivity contribution in [3.8, 4) is 0 Å². The zero-order chi connectivity index (χ0) is 18.2. The summed E-state index contributed by atoms with van der Waals surface area (Å²) < 4.78 is 30.7. The average molecular weight is 354 g/mol. The number of allylic oxidation sites excluding steroid dienone is 1. The Labute approximate surface area is 142 Å². The monoisotopic (exact) mass is 354 g/mol. The van der Waals surface area contributed by atoms with E-state index in [0.29, 0.717) is 18.8 Å². The highest BCUT2D eigenvalue weighted by Gasteiger charge is 2.21. The predicted molar refractivity (Wildman–Crippen MR) is 91.0 cm³/mol. The van der Waals surface area contributed by atoms with E-state index >= 15 is 0 Å². The molecule has 24 heavy (non-hydrogen) atoms. The van der Waals surface area contributed by atoms with Crippen molar-refractivity contribution in [1.29, 1.82) is 0 Å². The van der Waals surface area contributed by atoms with E-state index in [1.807, 2.05) is 0 Å². The van der Waals surface area contributed by atoms with Crippen molar-refractivity contribution in [2.75, 3.05) is 25.0 Å². The lowest BCUT2D eigenvalue weighted by Crippen LogP contribution is -2.30. The minimum Gasteiger partial charge on any atom is -0.452 e. The number of carbonyl (C=O) groups is 2. The molecule has 0 atom stereocenters. The summed E-state index contributed by atoms with van der Waals surface area (Å²) in [5.74, 6) is -1.11. The maximum absolute atomic E-state index is 12.3. The molecule has 0 aromatic heterocycles. The van der Waals surface area contributed by atoms with Gasteiger partial charge in [0.25, 0.3) is 5.91 Å². The van der Waals surface area contributed by atoms with E-state index in [1.165, 1.54) is 40.7 Å². The van der Waals surface area contributed by atoms with Crippen LogP contribution in [-0.4, -0.2) is 44.3 Å². The number of ether oxygens (including phenoxy) is 1. The highest BCUT2D eigenvalue weighted by atomic mass is 32.2. The molecular formula is C16H22N2O5S. The summed E-state index contributed by atoms with van der Waals surface area (Å²) in [6.45, 7) is 5.55. The normalized spacial score (nSPS) is 11.7. The number of nitrogens with one attached hydrogen (secondary N) is 1. The molecule has 0 saturated carbocycles. The van der Waals surface area contributed by atoms with Crippen molar-refractivity contribution >= 4 is 27.6 Å². The molecule has 1 amide bonds. The number of benzene rings is 1. The number of esters is 1. The van der Waals surface area contributed by atoms with E-state index in [1.54, 1.807) is 20.8 Å². The second kappa shape index (κ2) is 9.19. The number of hydrogen-bond acceptors (Lipinski definition) is 5. The zero-order valence-corrected chi connectivity index (χ0v) is 14.8. The zero-order valence-electron chi connectivity index (χ0n) is 14.0. The maximum Gasteiger partial charge on any atom is 0.330 e. The van der Waals surface area contributed by atoms with Crippen molar-refractivity contribution in [1.82, 2.24) is 4.31 Å². The fraction of sp³-hybridized carbons (Fsp3) is 0.375. The molecule has 8 heteroatoms. The summed E-state index contributed by atoms with van der Waals surface area (Å²) in [5.41, 5.74) is 0.417. The molecule has 0 unspecified atom stereocenters. The van der Waals surface area contributed by atoms with Crippen LogP contribution in [0.4, 0.5) is 5.69 Å². The average Bonchev–Trinajstić information content (AvgIpc) is 2.54. The topological polar surface area (TPSA) is 92.8 Å². The highest BCUT2D eigenvalue weighted by molar-refractivity contribution is 7.89. The van der Waals surface area contributed by atoms with Crippen molar-refractivity contribution in [3.05, 3.63) is 36.4 Å². The van der Waals surface area contributed by atoms with Crippen LogP contribution in [0.15, 0.2) is 41.3 Å². The van der Waals surface area contributed by atoms with Crippen molar-refractivity contribution in [2.45, 2.75) is 25.7 Å². The van der Waals surface area contributed by atoms with E-state index in [0.717, 1.165) is 0 Å². The van der Waals surface area contributed by atoms with Gasteiger partial charge in [0.2, 0.25) is 10.0 Å². The molecule has 132 valence electrons. The summed E-state index contributed by atoms with van der Waals surface area (Å²) in [7, 11) is -3.53. The van der Waals surface area contributed by atoms with Gasteiger partial charge in [0, 0.05) is 24.9 Å². The van der Waals surface area contributed by atoms with E-state index in [2.05, 4.69) is 5.32 Å². The Morgan fingerprint density at radius 2 is 1.75 bits per heavy atom. The van der Waals surface area contributed by atoms with Crippen LogP contribution >= 0.6 is 0 Å². The van der Waals surface area contributed by atoms with Gasteiger partial charge in [-0.15, -0.1) is 0 Å². The lowest BCUT2D eigenvalue weighted by atomic mass is 10.3. The number of nitrogens with zero attached hydrogens (tertiary/aromatic N) is 1. The summed E-state index contributed by atoms with van der Waals surface area (Å²) in [4.78, 5) is 22.9. The minimum absolute atomic E-state index is 0.156. The Bertz CT molecular complexity index is 692. The van der Waals surface area contributed by atoms with E-state index in [-0.39, 0.29) is 4.90 Å². The first-order valence-electron chi connectivity index (χ1n) is 7.54. The van der Waals surface area contributed by atoms with Gasteiger partial charge < -0.3 is 10.1 Å². The van der Waals surface area contributed by atoms with Crippen LogP contribution in [0.2, 0.25) is 0 Å². The first kappa shape index (κ1) is 19.9. The summed E-state index contributed by atoms with van der Waals surface area (Å²) >= 11 is 0. The van der Waals surface area contributed by atoms with Crippen LogP contribution < -0.4 is 5.32 Å². The second-order valence-electron chi connectivity index (χ2n) is 4.77. The predicted octanol–water partition coefficient (Wildman–Crippen LogP) is 1.77. The smallest absolute Gasteiger partial charge is 0.330 e. The van der Waals surface area contributed by atoms with Crippen LogP contribution in [-0.2, 0) is 24.3 Å². The number of amides is 1. The molecule has 0 radical (unpaired) electrons. The van der Waals surface area contributed by atoms with Crippen LogP contribution in [0.5, 0.6) is 0 Å². The van der Waals surface area contributed by atoms with Gasteiger partial charge >= 0.3 is 5.97 Å². The van der Waals surface area contributed by atoms with Crippen LogP contribution in [0.1, 0.15) is 20.8 Å². The molecule has 7 nitrogen and oxygen atoms in total. The van der Waals surface area contributed by atoms with Crippen LogP contribution in [0.3, 0.4) is 0 Å². The maximum atomic E-state index is 12.3. The first-order chi connectivity index (χ1) is 11.3. The largest absolute Gasteiger partial charge is 0.452 e. The van der Waals surface area contributed by atoms with Gasteiger partial charge in [-0.1, -0.05) is 19.9 Å². The van der Waals surface area contributed by atoms with E-state index < -0.39 is 28.5 Å². The molecule has 1 aromatic rings. The molecule has 0 spiro atoms. The number of anilines is 1. The lowest BCUT2D eigenvalue weighted by Gasteiger charge is -2.18. The molecule has 0 bridgehead atoms. The van der Waals surface area contributed by atoms with Crippen molar-refractivity contribution in [2.24, 2.45) is 0 Å². The van der Waals surface area contributed by atoms with Gasteiger partial charge in [-0.3, -0.25) is 4.79 Å². The molecule has 0 saturated heterocycles. The van der Waals surface area contributed by atoms with Gasteiger partial charge in [-0.25, -0.2) is 13.2 Å². The quantitative estimate of drug-likeness (QED) is 0.567. The van der Waals surface area contributed by atoms with Gasteiger partial charge in [-0.2, -0.15) is 4.31 Å². The Morgan fingerprint density at radius 3 is 2.25 bits per heavy atom. The second-order valence-corrected chi connectivity index (χ2v) is 6.71. The van der Waals surface area contributed by atoms with Gasteiger partial charge in [-0.05, 0) is 31.2 Å². The summed E-state index contributed by atoms with van der Waals surface area (Å²) in [5, 5.41) is 2.53. The molecule has 0 aliphatic heterocycles. The summed E-state index contributed by atoms with van der Waals surface area (Å²) in [6, 6.07) is 5.83. The van der Waals surface area contributed by atoms with Crippen molar-refractivity contribution in [3.63, 3.8) is 0 Å². The van der Waals surface area contributed by atoms with E-state index in [4.69, 9.17) is 4.74 Å². The molecule has 1 N–H and O–H groups in total. The highest BCUT2D eigenvalue weighted by Crippen LogP contribution is 2.18. The van der Waals surface area contributed by atoms with Crippen LogP contribution in [0, 0.1) is 0 Å². The molecule has 0 aliphatic carbocycles. The Kier molecular flexibility index (Phi) is 7.60. The Balaban J connectivity index is 2.71. The minimum atomic E-state index is -3.53. The van der Waals surface area contributed by atoms with E-state index in [9.17, 15) is 18.0 Å². The molecule has 0 heterocycles. The third kappa shape index (κ3) is 5.47. The third-order valence-corrected chi connectivity index (χ3v) is 5.19. The molecular weight excluding hydrogens is 332 g/mol. The van der Waals surface area contributed by atoms with Crippen LogP contribution in [0.25, 0.3) is 0 Å². The first-order valence-corrected chi connectivity index (χ1v) is 8.98. The SMILES string of the molecule is C/C=C/C(=O)OCC(=O)Nc1ccc(S(=O)(=O)N(CC)CC)cc1. The van der Waals surface area contributed by atoms with Crippen molar-refractivity contribution < 1.29 is 22.7 Å². The molecule has 0 fully saturated rings. The number of rotatable bonds is 8. The number of hydrogen-bond donors (Lipinski definition) is 1. The van der Waals surface area contributed by atoms with Gasteiger partial charge in [0.05, 0.1) is 4.90 Å². The Hall–Kier alpha value is -2.19. The number of sulfonamides is 1. The molecule has 1 rings (SSSR count). The Morgan fingerprint density at radius 1 is 1.17 bits per heavy atom. The fourth-order valence-electron chi connectivity index (χ4n) is 1.94. The summed E-state index contributed by atoms with van der Waals surface area (Å²) in [6.07, 6.45) is 2.72. The van der Waals surface area contributed by atoms with Gasteiger partial charge in [0.1, 0.15) is 0 Å². The fourth-order valence-corrected chi connectivity index (χ4v) is 3.40. The molecule has 0 aliphatic rings.